The Morgan fingerprint density at radius 1 is 0.286 bits per heavy atom. The lowest BCUT2D eigenvalue weighted by molar-refractivity contribution is -0.167. The van der Waals surface area contributed by atoms with Gasteiger partial charge in [0.1, 0.15) is 13.2 Å². The summed E-state index contributed by atoms with van der Waals surface area (Å²) in [7, 11) is 0. The highest BCUT2D eigenvalue weighted by molar-refractivity contribution is 5.71. The van der Waals surface area contributed by atoms with Gasteiger partial charge in [-0.15, -0.1) is 0 Å². The number of hydrogen-bond donors (Lipinski definition) is 0. The zero-order valence-electron chi connectivity index (χ0n) is 46.5. The summed E-state index contributed by atoms with van der Waals surface area (Å²) in [4.78, 5) is 38.2. The minimum absolute atomic E-state index is 0.0845. The van der Waals surface area contributed by atoms with E-state index in [2.05, 4.69) is 81.5 Å². The third-order valence-electron chi connectivity index (χ3n) is 13.2. The summed E-state index contributed by atoms with van der Waals surface area (Å²) in [5.74, 6) is -0.902. The number of ether oxygens (including phenoxy) is 3. The molecule has 1 unspecified atom stereocenters. The van der Waals surface area contributed by atoms with Gasteiger partial charge in [-0.2, -0.15) is 0 Å². The predicted molar refractivity (Wildman–Crippen MR) is 302 cm³/mol. The van der Waals surface area contributed by atoms with Crippen molar-refractivity contribution in [1.29, 1.82) is 0 Å². The van der Waals surface area contributed by atoms with E-state index >= 15 is 0 Å². The second-order valence-corrected chi connectivity index (χ2v) is 20.2. The Morgan fingerprint density at radius 3 is 0.843 bits per heavy atom. The van der Waals surface area contributed by atoms with E-state index in [1.807, 2.05) is 0 Å². The molecule has 0 aromatic rings. The Morgan fingerprint density at radius 2 is 0.514 bits per heavy atom. The van der Waals surface area contributed by atoms with Gasteiger partial charge < -0.3 is 14.2 Å². The third-order valence-corrected chi connectivity index (χ3v) is 13.2. The highest BCUT2D eigenvalue weighted by Crippen LogP contribution is 2.15. The lowest BCUT2D eigenvalue weighted by Gasteiger charge is -2.18. The maximum absolute atomic E-state index is 12.9. The molecule has 70 heavy (non-hydrogen) atoms. The fourth-order valence-electron chi connectivity index (χ4n) is 8.62. The summed E-state index contributed by atoms with van der Waals surface area (Å²) in [6.45, 7) is 6.60. The van der Waals surface area contributed by atoms with Gasteiger partial charge in [-0.3, -0.25) is 14.4 Å². The van der Waals surface area contributed by atoms with Crippen molar-refractivity contribution in [3.63, 3.8) is 0 Å². The third kappa shape index (κ3) is 56.0. The molecule has 0 saturated heterocycles. The van der Waals surface area contributed by atoms with Crippen molar-refractivity contribution in [1.82, 2.24) is 0 Å². The van der Waals surface area contributed by atoms with Gasteiger partial charge in [-0.05, 0) is 109 Å². The molecule has 6 nitrogen and oxygen atoms in total. The normalized spacial score (nSPS) is 12.4. The molecule has 0 radical (unpaired) electrons. The topological polar surface area (TPSA) is 78.9 Å². The molecule has 6 heteroatoms. The van der Waals surface area contributed by atoms with Crippen molar-refractivity contribution in [3.05, 3.63) is 60.8 Å². The van der Waals surface area contributed by atoms with E-state index in [-0.39, 0.29) is 31.1 Å². The first-order valence-corrected chi connectivity index (χ1v) is 30.3. The number of carbonyl (C=O) groups excluding carboxylic acids is 3. The van der Waals surface area contributed by atoms with Gasteiger partial charge in [0.15, 0.2) is 6.10 Å². The number of rotatable bonds is 55. The van der Waals surface area contributed by atoms with Crippen molar-refractivity contribution in [2.24, 2.45) is 0 Å². The highest BCUT2D eigenvalue weighted by Gasteiger charge is 2.19. The number of hydrogen-bond acceptors (Lipinski definition) is 6. The lowest BCUT2D eigenvalue weighted by atomic mass is 10.1. The molecule has 0 aromatic carbocycles. The van der Waals surface area contributed by atoms with E-state index in [0.29, 0.717) is 19.3 Å². The largest absolute Gasteiger partial charge is 0.462 e. The molecule has 0 amide bonds. The minimum Gasteiger partial charge on any atom is -0.462 e. The average Bonchev–Trinajstić information content (AvgIpc) is 3.36. The Hall–Kier alpha value is -2.89. The molecule has 406 valence electrons. The van der Waals surface area contributed by atoms with Crippen LogP contribution in [0.2, 0.25) is 0 Å². The van der Waals surface area contributed by atoms with E-state index in [9.17, 15) is 14.4 Å². The molecule has 0 aromatic heterocycles. The quantitative estimate of drug-likeness (QED) is 0.0261. The van der Waals surface area contributed by atoms with Crippen LogP contribution < -0.4 is 0 Å². The Bertz CT molecular complexity index is 1260. The summed E-state index contributed by atoms with van der Waals surface area (Å²) in [6.07, 6.45) is 73.5. The summed E-state index contributed by atoms with van der Waals surface area (Å²) in [5.41, 5.74) is 0. The number of carbonyl (C=O) groups is 3. The zero-order chi connectivity index (χ0) is 50.7. The van der Waals surface area contributed by atoms with Crippen molar-refractivity contribution >= 4 is 17.9 Å². The van der Waals surface area contributed by atoms with Crippen LogP contribution in [0.3, 0.4) is 0 Å². The summed E-state index contributed by atoms with van der Waals surface area (Å²) < 4.78 is 16.9. The summed E-state index contributed by atoms with van der Waals surface area (Å²) in [6, 6.07) is 0. The monoisotopic (exact) mass is 979 g/mol. The van der Waals surface area contributed by atoms with E-state index < -0.39 is 6.10 Å². The first-order chi connectivity index (χ1) is 34.5. The number of unbranched alkanes of at least 4 members (excludes halogenated alkanes) is 34. The molecule has 0 aliphatic carbocycles. The molecular weight excluding hydrogens is 865 g/mol. The second kappa shape index (κ2) is 58.7. The van der Waals surface area contributed by atoms with Gasteiger partial charge in [0.2, 0.25) is 0 Å². The molecule has 0 spiro atoms. The van der Waals surface area contributed by atoms with Gasteiger partial charge >= 0.3 is 17.9 Å². The maximum atomic E-state index is 12.9. The van der Waals surface area contributed by atoms with Crippen LogP contribution in [0.4, 0.5) is 0 Å². The van der Waals surface area contributed by atoms with Gasteiger partial charge in [0.05, 0.1) is 0 Å². The SMILES string of the molecule is CCCCC/C=C\C/C=C\CCCCCCCC(=O)OCC(COC(=O)CCCCCCCCCCC/C=C\CCCCCCCCCC)OC(=O)CCCCCCC/C=C\C/C=C\CCCCCC. The molecular formula is C64H114O6. The molecule has 0 bridgehead atoms. The van der Waals surface area contributed by atoms with Crippen molar-refractivity contribution in [2.75, 3.05) is 13.2 Å². The van der Waals surface area contributed by atoms with Crippen LogP contribution >= 0.6 is 0 Å². The van der Waals surface area contributed by atoms with E-state index in [1.54, 1.807) is 0 Å². The van der Waals surface area contributed by atoms with Crippen LogP contribution in [0.25, 0.3) is 0 Å². The van der Waals surface area contributed by atoms with Crippen molar-refractivity contribution in [2.45, 2.75) is 316 Å². The van der Waals surface area contributed by atoms with Crippen LogP contribution in [0.1, 0.15) is 310 Å². The first kappa shape index (κ1) is 67.1. The first-order valence-electron chi connectivity index (χ1n) is 30.3. The lowest BCUT2D eigenvalue weighted by Crippen LogP contribution is -2.30. The van der Waals surface area contributed by atoms with Crippen LogP contribution in [-0.2, 0) is 28.6 Å². The minimum atomic E-state index is -0.788. The fourth-order valence-corrected chi connectivity index (χ4v) is 8.62. The molecule has 0 N–H and O–H groups in total. The van der Waals surface area contributed by atoms with E-state index in [4.69, 9.17) is 14.2 Å². The molecule has 0 aliphatic rings. The van der Waals surface area contributed by atoms with Crippen LogP contribution in [0.5, 0.6) is 0 Å². The predicted octanol–water partition coefficient (Wildman–Crippen LogP) is 20.4. The van der Waals surface area contributed by atoms with Gasteiger partial charge in [0, 0.05) is 19.3 Å². The van der Waals surface area contributed by atoms with Crippen LogP contribution in [-0.4, -0.2) is 37.2 Å². The molecule has 0 heterocycles. The Balaban J connectivity index is 4.37. The standard InChI is InChI=1S/C64H114O6/c1-4-7-10-13-16-19-22-25-28-30-31-32-33-34-37-39-42-45-48-51-54-57-63(66)69-60-61(59-68-62(65)56-53-50-47-44-41-38-35-27-24-21-18-15-12-9-6-3)70-64(67)58-55-52-49-46-43-40-36-29-26-23-20-17-14-11-8-5-2/h18,20-21,23,27,29-31,35-36,61H,4-17,19,22,24-26,28,32-34,37-60H2,1-3H3/b21-18-,23-20-,31-30-,35-27-,36-29-. The molecule has 0 fully saturated rings. The van der Waals surface area contributed by atoms with Gasteiger partial charge in [-0.25, -0.2) is 0 Å². The summed E-state index contributed by atoms with van der Waals surface area (Å²) in [5, 5.41) is 0. The van der Waals surface area contributed by atoms with Gasteiger partial charge in [0.25, 0.3) is 0 Å². The van der Waals surface area contributed by atoms with E-state index in [0.717, 1.165) is 103 Å². The molecule has 0 rings (SSSR count). The number of allylic oxidation sites excluding steroid dienone is 10. The molecule has 1 atom stereocenters. The van der Waals surface area contributed by atoms with Crippen LogP contribution in [0.15, 0.2) is 60.8 Å². The van der Waals surface area contributed by atoms with Crippen LogP contribution in [0, 0.1) is 0 Å². The molecule has 0 aliphatic heterocycles. The Kier molecular flexibility index (Phi) is 56.3. The highest BCUT2D eigenvalue weighted by atomic mass is 16.6. The van der Waals surface area contributed by atoms with Crippen molar-refractivity contribution < 1.29 is 28.6 Å². The summed E-state index contributed by atoms with van der Waals surface area (Å²) >= 11 is 0. The van der Waals surface area contributed by atoms with Crippen molar-refractivity contribution in [3.8, 4) is 0 Å². The fraction of sp³-hybridized carbons (Fsp3) is 0.797. The molecule has 0 saturated carbocycles. The van der Waals surface area contributed by atoms with E-state index in [1.165, 1.54) is 167 Å². The smallest absolute Gasteiger partial charge is 0.306 e. The van der Waals surface area contributed by atoms with Gasteiger partial charge in [-0.1, -0.05) is 242 Å². The maximum Gasteiger partial charge on any atom is 0.306 e. The Labute approximate surface area is 434 Å². The number of esters is 3. The average molecular weight is 980 g/mol. The second-order valence-electron chi connectivity index (χ2n) is 20.2. The zero-order valence-corrected chi connectivity index (χ0v) is 46.5.